The third kappa shape index (κ3) is 15.0. The number of fused-ring (bicyclic) bond motifs is 1. The number of azo groups is 2. The number of aromatic nitrogens is 1. The average Bonchev–Trinajstić information content (AvgIpc) is 3.57. The molecule has 0 aliphatic heterocycles. The van der Waals surface area contributed by atoms with Gasteiger partial charge in [0, 0.05) is 16.9 Å². The van der Waals surface area contributed by atoms with Gasteiger partial charge in [0.2, 0.25) is 0 Å². The molecule has 21 nitrogen and oxygen atoms in total. The Morgan fingerprint density at radius 3 is 1.70 bits per heavy atom. The Hall–Kier alpha value is -4.49. The summed E-state index contributed by atoms with van der Waals surface area (Å²) in [5.41, 5.74) is 1.07. The van der Waals surface area contributed by atoms with Crippen molar-refractivity contribution in [3.63, 3.8) is 0 Å². The fraction of sp³-hybridized carbons (Fsp3) is 0.0294. The normalized spacial score (nSPS) is 11.0. The van der Waals surface area contributed by atoms with Crippen molar-refractivity contribution in [2.75, 3.05) is 10.6 Å². The number of anilines is 4. The molecule has 0 amide bonds. The molecule has 0 atom stereocenters. The Balaban J connectivity index is 0.00000246. The minimum atomic E-state index is -4.75. The summed E-state index contributed by atoms with van der Waals surface area (Å²) in [4.78, 5) is 3.09. The molecule has 306 valence electrons. The largest absolute Gasteiger partial charge is 1.00 e. The van der Waals surface area contributed by atoms with E-state index in [4.69, 9.17) is 12.6 Å². The van der Waals surface area contributed by atoms with Gasteiger partial charge in [-0.3, -0.25) is 8.42 Å². The number of nitrogens with one attached hydrogen (secondary N) is 2. The molecule has 2 heterocycles. The van der Waals surface area contributed by atoms with Crippen LogP contribution in [0.15, 0.2) is 120 Å². The van der Waals surface area contributed by atoms with Crippen molar-refractivity contribution in [3.8, 4) is 12.1 Å². The summed E-state index contributed by atoms with van der Waals surface area (Å²) in [5, 5.41) is 43.6. The van der Waals surface area contributed by atoms with Crippen LogP contribution >= 0.6 is 11.3 Å². The summed E-state index contributed by atoms with van der Waals surface area (Å²) < 4.78 is 129. The molecule has 0 unspecified atom stereocenters. The van der Waals surface area contributed by atoms with E-state index in [0.717, 1.165) is 41.7 Å². The second-order valence-corrected chi connectivity index (χ2v) is 17.1. The predicted octanol–water partition coefficient (Wildman–Crippen LogP) is -5.81. The number of rotatable bonds is 11. The quantitative estimate of drug-likeness (QED) is 0.0529. The van der Waals surface area contributed by atoms with Gasteiger partial charge < -0.3 is 24.3 Å². The van der Waals surface area contributed by atoms with E-state index in [9.17, 15) is 49.4 Å². The Morgan fingerprint density at radius 1 is 0.688 bits per heavy atom. The van der Waals surface area contributed by atoms with Gasteiger partial charge in [-0.1, -0.05) is 23.5 Å². The zero-order valence-electron chi connectivity index (χ0n) is 33.7. The maximum atomic E-state index is 11.6. The molecule has 0 saturated carbocycles. The average molecular weight is 934 g/mol. The molecule has 4 aromatic carbocycles. The van der Waals surface area contributed by atoms with E-state index in [2.05, 4.69) is 42.1 Å². The van der Waals surface area contributed by atoms with Crippen LogP contribution in [0.3, 0.4) is 0 Å². The van der Waals surface area contributed by atoms with Gasteiger partial charge in [0.1, 0.15) is 43.1 Å². The number of nitrogens with zero attached hydrogens (tertiary/aromatic N) is 7. The molecular weight excluding hydrogens is 915 g/mol. The molecule has 30 heteroatoms. The van der Waals surface area contributed by atoms with Gasteiger partial charge >= 0.3 is 86.1 Å². The minimum Gasteiger partial charge on any atom is -0.754 e. The van der Waals surface area contributed by atoms with Crippen LogP contribution in [0.25, 0.3) is 10.8 Å². The molecule has 0 radical (unpaired) electrons. The fourth-order valence-electron chi connectivity index (χ4n) is 5.04. The second kappa shape index (κ2) is 24.2. The van der Waals surface area contributed by atoms with Crippen LogP contribution in [-0.2, 0) is 41.0 Å². The predicted molar refractivity (Wildman–Crippen MR) is 207 cm³/mol. The summed E-state index contributed by atoms with van der Waals surface area (Å²) in [7, 11) is -17.3. The number of pyridine rings is 1. The van der Waals surface area contributed by atoms with Crippen molar-refractivity contribution in [2.24, 2.45) is 20.5 Å². The van der Waals surface area contributed by atoms with Gasteiger partial charge in [-0.15, -0.1) is 38.7 Å². The number of thiophene rings is 1. The van der Waals surface area contributed by atoms with Crippen molar-refractivity contribution in [1.82, 2.24) is 4.98 Å². The summed E-state index contributed by atoms with van der Waals surface area (Å²) in [6.07, 6.45) is 0. The molecular formula is C34H19Li4N9O12S5. The van der Waals surface area contributed by atoms with E-state index in [1.54, 1.807) is 0 Å². The van der Waals surface area contributed by atoms with Crippen LogP contribution < -0.4 is 86.1 Å². The first-order valence-corrected chi connectivity index (χ1v) is 21.9. The summed E-state index contributed by atoms with van der Waals surface area (Å²) >= 11 is 0.929. The number of benzene rings is 4. The molecule has 6 rings (SSSR count). The van der Waals surface area contributed by atoms with Gasteiger partial charge in [-0.25, -0.2) is 21.8 Å². The zero-order chi connectivity index (χ0) is 44.0. The fourth-order valence-corrected chi connectivity index (χ4v) is 7.40. The Kier molecular flexibility index (Phi) is 21.7. The van der Waals surface area contributed by atoms with Crippen LogP contribution in [0.2, 0.25) is 0 Å². The van der Waals surface area contributed by atoms with Crippen LogP contribution in [0.4, 0.5) is 44.4 Å². The van der Waals surface area contributed by atoms with E-state index < -0.39 is 55.6 Å². The summed E-state index contributed by atoms with van der Waals surface area (Å²) in [6.45, 7) is 1.53. The molecule has 0 aliphatic rings. The Labute approximate surface area is 418 Å². The van der Waals surface area contributed by atoms with Crippen LogP contribution in [0, 0.1) is 35.7 Å². The van der Waals surface area contributed by atoms with Crippen LogP contribution in [0.1, 0.15) is 16.7 Å². The van der Waals surface area contributed by atoms with Gasteiger partial charge in [-0.05, 0) is 72.5 Å². The van der Waals surface area contributed by atoms with Crippen molar-refractivity contribution in [2.45, 2.75) is 21.6 Å². The van der Waals surface area contributed by atoms with E-state index in [-0.39, 0.29) is 136 Å². The van der Waals surface area contributed by atoms with Gasteiger partial charge in [-0.2, -0.15) is 33.8 Å². The van der Waals surface area contributed by atoms with Crippen LogP contribution in [0.5, 0.6) is 0 Å². The maximum Gasteiger partial charge on any atom is 1.00 e. The molecule has 0 spiro atoms. The molecule has 2 N–H and O–H groups in total. The molecule has 6 aromatic rings. The number of hydrogen-bond acceptors (Lipinski definition) is 22. The van der Waals surface area contributed by atoms with Crippen molar-refractivity contribution in [1.29, 1.82) is 10.5 Å². The Morgan fingerprint density at radius 2 is 1.22 bits per heavy atom. The Bertz CT molecular complexity index is 3290. The molecule has 0 fully saturated rings. The van der Waals surface area contributed by atoms with E-state index in [0.29, 0.717) is 11.1 Å². The third-order valence-corrected chi connectivity index (χ3v) is 11.2. The molecule has 2 aromatic heterocycles. The molecule has 0 aliphatic carbocycles. The first-order chi connectivity index (χ1) is 28.2. The number of nitriles is 2. The first-order valence-electron chi connectivity index (χ1n) is 15.8. The SMILES string of the molecule is Cc1c(C#N)c(Nc2ccc(S(=O)(=O)[O-])cc2)nc(Nc2ccc(S(=O)(=O)[O-])cc2)c1N=Nc1sc(N=Nc2ccc3c(S(=O)(=O)[O-])c[c-]cc3c2)cc1C#N.O=S(=O)=O.[Li+].[Li+].[Li+].[Li+]. The third-order valence-electron chi connectivity index (χ3n) is 7.69. The number of hydrogen-bond donors (Lipinski definition) is 2. The second-order valence-electron chi connectivity index (χ2n) is 11.5. The van der Waals surface area contributed by atoms with Crippen LogP contribution in [-0.4, -0.2) is 56.5 Å². The van der Waals surface area contributed by atoms with E-state index >= 15 is 0 Å². The van der Waals surface area contributed by atoms with Crippen molar-refractivity contribution in [3.05, 3.63) is 108 Å². The smallest absolute Gasteiger partial charge is 0.754 e. The van der Waals surface area contributed by atoms with Crippen molar-refractivity contribution < 1.29 is 127 Å². The monoisotopic (exact) mass is 933 g/mol. The minimum absolute atomic E-state index is 0. The summed E-state index contributed by atoms with van der Waals surface area (Å²) in [5.74, 6) is -0.0578. The molecule has 0 saturated heterocycles. The van der Waals surface area contributed by atoms with E-state index in [1.807, 2.05) is 12.1 Å². The van der Waals surface area contributed by atoms with Gasteiger partial charge in [0.15, 0.2) is 16.6 Å². The topological polar surface area (TPSA) is 357 Å². The molecule has 64 heavy (non-hydrogen) atoms. The molecule has 0 bridgehead atoms. The van der Waals surface area contributed by atoms with Crippen molar-refractivity contribution >= 4 is 107 Å². The first kappa shape index (κ1) is 57.5. The zero-order valence-corrected chi connectivity index (χ0v) is 37.7. The maximum absolute atomic E-state index is 11.6. The summed E-state index contributed by atoms with van der Waals surface area (Å²) in [6, 6.07) is 24.4. The van der Waals surface area contributed by atoms with Gasteiger partial charge in [0.05, 0.1) is 36.7 Å². The van der Waals surface area contributed by atoms with Gasteiger partial charge in [0.25, 0.3) is 0 Å². The standard InChI is InChI=1S/C34H22N9O9S4.4Li.O3S/c1-19-28(18-36)32(37-22-5-10-25(11-6-22)54(44,45)46)39-33(38-23-7-12-26(13-8-23)55(47,48)49)31(19)42-43-34-21(17-35)16-30(53-34)41-40-24-9-14-27-20(15-24)3-2-4-29(27)56(50,51)52;;;;;1-4(2)3/h3-16H,1H3,(H2,37,38,39)(H,44,45,46)(H,47,48,49)(H,50,51,52);;;;;/q-1;4*+1;/p-3. The van der Waals surface area contributed by atoms with E-state index in [1.165, 1.54) is 61.5 Å².